The lowest BCUT2D eigenvalue weighted by Crippen LogP contribution is -2.18. The van der Waals surface area contributed by atoms with Crippen LogP contribution in [0.25, 0.3) is 0 Å². The zero-order valence-corrected chi connectivity index (χ0v) is 13.8. The van der Waals surface area contributed by atoms with Gasteiger partial charge in [-0.1, -0.05) is 30.7 Å². The van der Waals surface area contributed by atoms with Gasteiger partial charge < -0.3 is 20.1 Å². The molecule has 132 valence electrons. The quantitative estimate of drug-likeness (QED) is 0.379. The van der Waals surface area contributed by atoms with Gasteiger partial charge in [-0.05, 0) is 38.5 Å². The number of ether oxygens (including phenoxy) is 1. The molecule has 0 amide bonds. The highest BCUT2D eigenvalue weighted by Crippen LogP contribution is 2.25. The second kappa shape index (κ2) is 12.3. The van der Waals surface area contributed by atoms with E-state index in [-0.39, 0.29) is 25.2 Å². The number of carbonyl (C=O) groups is 1. The van der Waals surface area contributed by atoms with Gasteiger partial charge in [0.1, 0.15) is 0 Å². The SMILES string of the molecule is O=C(O)C[C@@H]1CC[C@H](C[C@@H](O)/C=C\C/C=C\CCCCCO)O1. The van der Waals surface area contributed by atoms with Gasteiger partial charge >= 0.3 is 5.97 Å². The van der Waals surface area contributed by atoms with Crippen molar-refractivity contribution in [3.63, 3.8) is 0 Å². The molecule has 0 aliphatic carbocycles. The van der Waals surface area contributed by atoms with Crippen LogP contribution in [0, 0.1) is 0 Å². The predicted octanol–water partition coefficient (Wildman–Crippen LogP) is 2.81. The Morgan fingerprint density at radius 3 is 2.65 bits per heavy atom. The van der Waals surface area contributed by atoms with Crippen molar-refractivity contribution in [2.75, 3.05) is 6.61 Å². The van der Waals surface area contributed by atoms with E-state index >= 15 is 0 Å². The molecule has 5 nitrogen and oxygen atoms in total. The number of allylic oxidation sites excluding steroid dienone is 3. The van der Waals surface area contributed by atoms with Crippen LogP contribution in [0.1, 0.15) is 57.8 Å². The van der Waals surface area contributed by atoms with Crippen LogP contribution in [0.2, 0.25) is 0 Å². The number of hydrogen-bond donors (Lipinski definition) is 3. The average Bonchev–Trinajstić information content (AvgIpc) is 2.91. The number of rotatable bonds is 12. The van der Waals surface area contributed by atoms with E-state index in [9.17, 15) is 9.90 Å². The number of carboxylic acid groups (broad SMARTS) is 1. The zero-order valence-electron chi connectivity index (χ0n) is 13.8. The van der Waals surface area contributed by atoms with Crippen LogP contribution in [0.3, 0.4) is 0 Å². The maximum Gasteiger partial charge on any atom is 0.305 e. The third-order valence-corrected chi connectivity index (χ3v) is 3.93. The molecule has 0 saturated carbocycles. The van der Waals surface area contributed by atoms with Gasteiger partial charge in [-0.15, -0.1) is 0 Å². The lowest BCUT2D eigenvalue weighted by atomic mass is 10.1. The smallest absolute Gasteiger partial charge is 0.305 e. The van der Waals surface area contributed by atoms with Crippen molar-refractivity contribution >= 4 is 5.97 Å². The first-order chi connectivity index (χ1) is 11.1. The standard InChI is InChI=1S/C18H30O5/c19-12-8-6-4-2-1-3-5-7-9-15(20)13-16-10-11-17(23-16)14-18(21)22/h1,3,7,9,15-17,19-20H,2,4-6,8,10-14H2,(H,21,22)/b3-1-,9-7-/t15-,16+,17-/m0/s1. The van der Waals surface area contributed by atoms with Crippen molar-refractivity contribution in [1.82, 2.24) is 0 Å². The molecule has 1 aliphatic heterocycles. The van der Waals surface area contributed by atoms with Gasteiger partial charge in [0.2, 0.25) is 0 Å². The molecule has 1 aliphatic rings. The summed E-state index contributed by atoms with van der Waals surface area (Å²) in [4.78, 5) is 10.6. The normalized spacial score (nSPS) is 23.0. The molecule has 0 aromatic carbocycles. The molecule has 1 rings (SSSR count). The van der Waals surface area contributed by atoms with Crippen LogP contribution >= 0.6 is 0 Å². The van der Waals surface area contributed by atoms with Crippen LogP contribution in [0.15, 0.2) is 24.3 Å². The van der Waals surface area contributed by atoms with E-state index in [0.29, 0.717) is 6.42 Å². The molecule has 3 N–H and O–H groups in total. The van der Waals surface area contributed by atoms with Crippen molar-refractivity contribution in [2.45, 2.75) is 76.1 Å². The van der Waals surface area contributed by atoms with Crippen molar-refractivity contribution < 1.29 is 24.9 Å². The van der Waals surface area contributed by atoms with E-state index in [1.165, 1.54) is 0 Å². The Morgan fingerprint density at radius 2 is 1.91 bits per heavy atom. The molecule has 5 heteroatoms. The molecule has 0 radical (unpaired) electrons. The summed E-state index contributed by atoms with van der Waals surface area (Å²) in [7, 11) is 0. The minimum absolute atomic E-state index is 0.0407. The minimum atomic E-state index is -0.834. The molecule has 0 aromatic rings. The van der Waals surface area contributed by atoms with Gasteiger partial charge in [0.05, 0.1) is 24.7 Å². The Bertz CT molecular complexity index is 378. The Balaban J connectivity index is 2.08. The lowest BCUT2D eigenvalue weighted by molar-refractivity contribution is -0.140. The summed E-state index contributed by atoms with van der Waals surface area (Å²) in [5, 5.41) is 27.3. The number of aliphatic carboxylic acids is 1. The van der Waals surface area contributed by atoms with Crippen molar-refractivity contribution in [2.24, 2.45) is 0 Å². The molecule has 0 spiro atoms. The summed E-state index contributed by atoms with van der Waals surface area (Å²) in [5.74, 6) is -0.834. The van der Waals surface area contributed by atoms with Gasteiger partial charge in [-0.2, -0.15) is 0 Å². The van der Waals surface area contributed by atoms with Crippen LogP contribution < -0.4 is 0 Å². The van der Waals surface area contributed by atoms with Gasteiger partial charge in [0.15, 0.2) is 0 Å². The third-order valence-electron chi connectivity index (χ3n) is 3.93. The Kier molecular flexibility index (Phi) is 10.6. The summed E-state index contributed by atoms with van der Waals surface area (Å²) >= 11 is 0. The summed E-state index contributed by atoms with van der Waals surface area (Å²) in [6, 6.07) is 0. The van der Waals surface area contributed by atoms with Crippen LogP contribution in [0.5, 0.6) is 0 Å². The first kappa shape index (κ1) is 19.9. The summed E-state index contributed by atoms with van der Waals surface area (Å²) in [6.07, 6.45) is 14.1. The van der Waals surface area contributed by atoms with Crippen molar-refractivity contribution in [3.05, 3.63) is 24.3 Å². The van der Waals surface area contributed by atoms with Gasteiger partial charge in [-0.25, -0.2) is 0 Å². The predicted molar refractivity (Wildman–Crippen MR) is 89.2 cm³/mol. The number of aliphatic hydroxyl groups excluding tert-OH is 2. The van der Waals surface area contributed by atoms with E-state index in [1.54, 1.807) is 6.08 Å². The fraction of sp³-hybridized carbons (Fsp3) is 0.722. The summed E-state index contributed by atoms with van der Waals surface area (Å²) < 4.78 is 5.63. The fourth-order valence-corrected chi connectivity index (χ4v) is 2.73. The molecule has 23 heavy (non-hydrogen) atoms. The van der Waals surface area contributed by atoms with E-state index in [2.05, 4.69) is 12.2 Å². The highest BCUT2D eigenvalue weighted by Gasteiger charge is 2.27. The highest BCUT2D eigenvalue weighted by atomic mass is 16.5. The largest absolute Gasteiger partial charge is 0.481 e. The van der Waals surface area contributed by atoms with Crippen molar-refractivity contribution in [3.8, 4) is 0 Å². The monoisotopic (exact) mass is 326 g/mol. The van der Waals surface area contributed by atoms with Crippen LogP contribution in [-0.4, -0.2) is 46.2 Å². The second-order valence-corrected chi connectivity index (χ2v) is 6.07. The fourth-order valence-electron chi connectivity index (χ4n) is 2.73. The molecule has 1 fully saturated rings. The minimum Gasteiger partial charge on any atom is -0.481 e. The molecule has 0 bridgehead atoms. The lowest BCUT2D eigenvalue weighted by Gasteiger charge is -2.14. The van der Waals surface area contributed by atoms with Crippen molar-refractivity contribution in [1.29, 1.82) is 0 Å². The van der Waals surface area contributed by atoms with E-state index in [4.69, 9.17) is 14.9 Å². The zero-order chi connectivity index (χ0) is 16.9. The third kappa shape index (κ3) is 10.3. The molecule has 3 atom stereocenters. The summed E-state index contributed by atoms with van der Waals surface area (Å²) in [5.41, 5.74) is 0. The van der Waals surface area contributed by atoms with Gasteiger partial charge in [-0.3, -0.25) is 4.79 Å². The Morgan fingerprint density at radius 1 is 1.13 bits per heavy atom. The van der Waals surface area contributed by atoms with E-state index < -0.39 is 12.1 Å². The van der Waals surface area contributed by atoms with E-state index in [1.807, 2.05) is 6.08 Å². The van der Waals surface area contributed by atoms with Crippen LogP contribution in [0.4, 0.5) is 0 Å². The maximum atomic E-state index is 10.6. The number of aliphatic hydroxyl groups is 2. The van der Waals surface area contributed by atoms with E-state index in [0.717, 1.165) is 44.9 Å². The second-order valence-electron chi connectivity index (χ2n) is 6.07. The molecule has 1 heterocycles. The number of carboxylic acids is 1. The van der Waals surface area contributed by atoms with Gasteiger partial charge in [0.25, 0.3) is 0 Å². The first-order valence-electron chi connectivity index (χ1n) is 8.59. The highest BCUT2D eigenvalue weighted by molar-refractivity contribution is 5.67. The molecule has 0 unspecified atom stereocenters. The Labute approximate surface area is 138 Å². The average molecular weight is 326 g/mol. The summed E-state index contributed by atoms with van der Waals surface area (Å²) in [6.45, 7) is 0.270. The molecular weight excluding hydrogens is 296 g/mol. The number of hydrogen-bond acceptors (Lipinski definition) is 4. The maximum absolute atomic E-state index is 10.6. The molecule has 1 saturated heterocycles. The first-order valence-corrected chi connectivity index (χ1v) is 8.59. The Hall–Kier alpha value is -1.17. The number of unbranched alkanes of at least 4 members (excludes halogenated alkanes) is 3. The molecule has 0 aromatic heterocycles. The topological polar surface area (TPSA) is 87.0 Å². The van der Waals surface area contributed by atoms with Crippen LogP contribution in [-0.2, 0) is 9.53 Å². The molecular formula is C18H30O5. The van der Waals surface area contributed by atoms with Gasteiger partial charge in [0, 0.05) is 13.0 Å².